The average molecular weight is 399 g/mol. The topological polar surface area (TPSA) is 47.6 Å². The van der Waals surface area contributed by atoms with Crippen LogP contribution in [0.15, 0.2) is 42.5 Å². The van der Waals surface area contributed by atoms with Gasteiger partial charge in [-0.15, -0.1) is 0 Å². The van der Waals surface area contributed by atoms with Gasteiger partial charge in [0.25, 0.3) is 5.91 Å². The van der Waals surface area contributed by atoms with Crippen molar-refractivity contribution < 1.29 is 36.2 Å². The van der Waals surface area contributed by atoms with Crippen molar-refractivity contribution in [2.24, 2.45) is 0 Å². The number of rotatable bonds is 5. The van der Waals surface area contributed by atoms with Crippen LogP contribution in [0.2, 0.25) is 0 Å². The Balaban J connectivity index is 2.01. The van der Waals surface area contributed by atoms with Gasteiger partial charge in [0.1, 0.15) is 0 Å². The van der Waals surface area contributed by atoms with Crippen LogP contribution in [0.3, 0.4) is 0 Å². The first-order valence-electron chi connectivity index (χ1n) is 7.78. The molecule has 28 heavy (non-hydrogen) atoms. The Morgan fingerprint density at radius 2 is 1.89 bits per heavy atom. The smallest absolute Gasteiger partial charge is 0.416 e. The summed E-state index contributed by atoms with van der Waals surface area (Å²) in [7, 11) is 1.23. The summed E-state index contributed by atoms with van der Waals surface area (Å²) in [5.74, 6) is 4.22. The molecule has 0 radical (unpaired) electrons. The molecular weight excluding hydrogens is 385 g/mol. The van der Waals surface area contributed by atoms with Crippen LogP contribution < -0.4 is 14.8 Å². The summed E-state index contributed by atoms with van der Waals surface area (Å²) in [5.41, 5.74) is -0.555. The van der Waals surface area contributed by atoms with Crippen molar-refractivity contribution in [3.63, 3.8) is 0 Å². The molecule has 0 unspecified atom stereocenters. The zero-order valence-corrected chi connectivity index (χ0v) is 14.4. The standard InChI is InChI=1S/C19H14F5NO3/c1-27-16-11-13(7-8-15(16)28-18(20)21)17(26)25-9-3-5-12-4-2-6-14(10-12)19(22,23)24/h2,4,6-8,10-11,18H,9H2,1H3,(H,25,26). The lowest BCUT2D eigenvalue weighted by atomic mass is 10.1. The molecule has 0 aliphatic carbocycles. The minimum Gasteiger partial charge on any atom is -0.493 e. The number of carbonyl (C=O) groups is 1. The molecule has 4 nitrogen and oxygen atoms in total. The number of ether oxygens (including phenoxy) is 2. The quantitative estimate of drug-likeness (QED) is 0.609. The van der Waals surface area contributed by atoms with Gasteiger partial charge in [-0.1, -0.05) is 17.9 Å². The van der Waals surface area contributed by atoms with E-state index < -0.39 is 24.3 Å². The maximum Gasteiger partial charge on any atom is 0.416 e. The van der Waals surface area contributed by atoms with E-state index in [1.807, 2.05) is 0 Å². The Hall–Kier alpha value is -3.28. The van der Waals surface area contributed by atoms with Crippen LogP contribution in [0.4, 0.5) is 22.0 Å². The number of alkyl halides is 5. The highest BCUT2D eigenvalue weighted by Crippen LogP contribution is 2.30. The predicted octanol–water partition coefficient (Wildman–Crippen LogP) is 4.10. The molecule has 2 aromatic rings. The third kappa shape index (κ3) is 5.87. The van der Waals surface area contributed by atoms with Crippen LogP contribution in [-0.2, 0) is 6.18 Å². The van der Waals surface area contributed by atoms with E-state index in [9.17, 15) is 26.7 Å². The van der Waals surface area contributed by atoms with Gasteiger partial charge in [0.15, 0.2) is 11.5 Å². The lowest BCUT2D eigenvalue weighted by molar-refractivity contribution is -0.137. The number of hydrogen-bond acceptors (Lipinski definition) is 3. The summed E-state index contributed by atoms with van der Waals surface area (Å²) in [5, 5.41) is 2.45. The summed E-state index contributed by atoms with van der Waals surface area (Å²) < 4.78 is 71.7. The van der Waals surface area contributed by atoms with E-state index in [4.69, 9.17) is 4.74 Å². The van der Waals surface area contributed by atoms with Crippen LogP contribution in [-0.4, -0.2) is 26.2 Å². The van der Waals surface area contributed by atoms with Crippen molar-refractivity contribution in [2.45, 2.75) is 12.8 Å². The van der Waals surface area contributed by atoms with Crippen LogP contribution in [0.5, 0.6) is 11.5 Å². The molecular formula is C19H14F5NO3. The van der Waals surface area contributed by atoms with Crippen LogP contribution >= 0.6 is 0 Å². The number of methoxy groups -OCH3 is 1. The maximum absolute atomic E-state index is 12.6. The average Bonchev–Trinajstić information content (AvgIpc) is 2.64. The fourth-order valence-electron chi connectivity index (χ4n) is 2.15. The van der Waals surface area contributed by atoms with E-state index in [0.29, 0.717) is 0 Å². The predicted molar refractivity (Wildman–Crippen MR) is 90.3 cm³/mol. The van der Waals surface area contributed by atoms with Crippen molar-refractivity contribution >= 4 is 5.91 Å². The fraction of sp³-hybridized carbons (Fsp3) is 0.211. The summed E-state index contributed by atoms with van der Waals surface area (Å²) in [6, 6.07) is 8.12. The number of hydrogen-bond donors (Lipinski definition) is 1. The molecule has 0 aromatic heterocycles. The number of halogens is 5. The summed E-state index contributed by atoms with van der Waals surface area (Å²) in [6.45, 7) is -3.17. The first-order chi connectivity index (χ1) is 13.2. The first kappa shape index (κ1) is 21.0. The summed E-state index contributed by atoms with van der Waals surface area (Å²) >= 11 is 0. The third-order valence-electron chi connectivity index (χ3n) is 3.40. The van der Waals surface area contributed by atoms with Crippen LogP contribution in [0.25, 0.3) is 0 Å². The van der Waals surface area contributed by atoms with Gasteiger partial charge in [-0.25, -0.2) is 0 Å². The molecule has 1 amide bonds. The van der Waals surface area contributed by atoms with Crippen LogP contribution in [0.1, 0.15) is 21.5 Å². The minimum atomic E-state index is -4.47. The van der Waals surface area contributed by atoms with Gasteiger partial charge in [0.05, 0.1) is 19.2 Å². The SMILES string of the molecule is COc1cc(C(=O)NCC#Cc2cccc(C(F)(F)F)c2)ccc1OC(F)F. The van der Waals surface area contributed by atoms with E-state index in [2.05, 4.69) is 21.9 Å². The van der Waals surface area contributed by atoms with Gasteiger partial charge in [0, 0.05) is 11.1 Å². The van der Waals surface area contributed by atoms with E-state index >= 15 is 0 Å². The monoisotopic (exact) mass is 399 g/mol. The van der Waals surface area contributed by atoms with Gasteiger partial charge in [-0.05, 0) is 36.4 Å². The second-order valence-electron chi connectivity index (χ2n) is 5.31. The van der Waals surface area contributed by atoms with Gasteiger partial charge in [0.2, 0.25) is 0 Å². The molecule has 0 aliphatic rings. The highest BCUT2D eigenvalue weighted by molar-refractivity contribution is 5.95. The maximum atomic E-state index is 12.6. The molecule has 148 valence electrons. The lowest BCUT2D eigenvalue weighted by Gasteiger charge is -2.11. The van der Waals surface area contributed by atoms with Gasteiger partial charge in [-0.3, -0.25) is 4.79 Å². The Morgan fingerprint density at radius 1 is 1.14 bits per heavy atom. The van der Waals surface area contributed by atoms with Crippen molar-refractivity contribution in [1.82, 2.24) is 5.32 Å². The Kier molecular flexibility index (Phi) is 6.82. The van der Waals surface area contributed by atoms with E-state index in [0.717, 1.165) is 18.2 Å². The molecule has 2 rings (SSSR count). The molecule has 0 aliphatic heterocycles. The number of amides is 1. The van der Waals surface area contributed by atoms with E-state index in [1.165, 1.54) is 31.4 Å². The second kappa shape index (κ2) is 9.08. The van der Waals surface area contributed by atoms with Gasteiger partial charge >= 0.3 is 12.8 Å². The zero-order chi connectivity index (χ0) is 20.7. The minimum absolute atomic E-state index is 0.0528. The fourth-order valence-corrected chi connectivity index (χ4v) is 2.15. The Bertz CT molecular complexity index is 900. The van der Waals surface area contributed by atoms with E-state index in [-0.39, 0.29) is 29.2 Å². The normalized spacial score (nSPS) is 10.8. The molecule has 0 saturated carbocycles. The molecule has 1 N–H and O–H groups in total. The molecule has 0 spiro atoms. The van der Waals surface area contributed by atoms with Crippen LogP contribution in [0, 0.1) is 11.8 Å². The van der Waals surface area contributed by atoms with Crippen molar-refractivity contribution in [3.05, 3.63) is 59.2 Å². The number of benzene rings is 2. The number of nitrogens with one attached hydrogen (secondary N) is 1. The lowest BCUT2D eigenvalue weighted by Crippen LogP contribution is -2.23. The third-order valence-corrected chi connectivity index (χ3v) is 3.40. The van der Waals surface area contributed by atoms with Crippen molar-refractivity contribution in [3.8, 4) is 23.3 Å². The highest BCUT2D eigenvalue weighted by atomic mass is 19.4. The Morgan fingerprint density at radius 3 is 2.54 bits per heavy atom. The number of carbonyl (C=O) groups excluding carboxylic acids is 1. The van der Waals surface area contributed by atoms with E-state index in [1.54, 1.807) is 0 Å². The second-order valence-corrected chi connectivity index (χ2v) is 5.31. The molecule has 9 heteroatoms. The molecule has 2 aromatic carbocycles. The van der Waals surface area contributed by atoms with Crippen molar-refractivity contribution in [1.29, 1.82) is 0 Å². The highest BCUT2D eigenvalue weighted by Gasteiger charge is 2.30. The molecule has 0 heterocycles. The van der Waals surface area contributed by atoms with Crippen molar-refractivity contribution in [2.75, 3.05) is 13.7 Å². The summed E-state index contributed by atoms with van der Waals surface area (Å²) in [4.78, 5) is 12.1. The molecule has 0 atom stereocenters. The Labute approximate surface area is 157 Å². The molecule has 0 fully saturated rings. The molecule has 0 bridgehead atoms. The largest absolute Gasteiger partial charge is 0.493 e. The van der Waals surface area contributed by atoms with Gasteiger partial charge < -0.3 is 14.8 Å². The zero-order valence-electron chi connectivity index (χ0n) is 14.4. The molecule has 0 saturated heterocycles. The summed E-state index contributed by atoms with van der Waals surface area (Å²) in [6.07, 6.45) is -4.47. The van der Waals surface area contributed by atoms with Gasteiger partial charge in [-0.2, -0.15) is 22.0 Å². The first-order valence-corrected chi connectivity index (χ1v) is 7.78.